The lowest BCUT2D eigenvalue weighted by molar-refractivity contribution is 0.660. The highest BCUT2D eigenvalue weighted by Gasteiger charge is 2.16. The van der Waals surface area contributed by atoms with E-state index in [1.54, 1.807) is 0 Å². The molecule has 1 unspecified atom stereocenters. The molecule has 0 radical (unpaired) electrons. The lowest BCUT2D eigenvalue weighted by Crippen LogP contribution is -2.16. The molecule has 0 aromatic carbocycles. The van der Waals surface area contributed by atoms with Gasteiger partial charge in [-0.15, -0.1) is 0 Å². The number of halogens is 1. The van der Waals surface area contributed by atoms with Gasteiger partial charge >= 0.3 is 0 Å². The molecule has 1 N–H and O–H groups in total. The van der Waals surface area contributed by atoms with Crippen molar-refractivity contribution in [2.75, 3.05) is 11.9 Å². The van der Waals surface area contributed by atoms with Crippen LogP contribution >= 0.6 is 15.9 Å². The number of fused-ring (bicyclic) bond motifs is 1. The first-order valence-electron chi connectivity index (χ1n) is 5.17. The highest BCUT2D eigenvalue weighted by atomic mass is 79.9. The molecule has 3 heteroatoms. The molecule has 1 aliphatic heterocycles. The summed E-state index contributed by atoms with van der Waals surface area (Å²) in [5, 5.41) is 3.34. The van der Waals surface area contributed by atoms with Crippen molar-refractivity contribution in [3.05, 3.63) is 22.4 Å². The Balaban J connectivity index is 0.000000461. The molecule has 2 nitrogen and oxygen atoms in total. The van der Waals surface area contributed by atoms with Crippen LogP contribution in [0.3, 0.4) is 0 Å². The van der Waals surface area contributed by atoms with Gasteiger partial charge in [0.1, 0.15) is 4.60 Å². The Morgan fingerprint density at radius 1 is 1.43 bits per heavy atom. The van der Waals surface area contributed by atoms with Crippen molar-refractivity contribution in [2.24, 2.45) is 0 Å². The van der Waals surface area contributed by atoms with Gasteiger partial charge in [0.05, 0.1) is 11.4 Å². The topological polar surface area (TPSA) is 24.9 Å². The largest absolute Gasteiger partial charge is 0.384 e. The first-order chi connectivity index (χ1) is 6.77. The summed E-state index contributed by atoms with van der Waals surface area (Å²) < 4.78 is 0.928. The molecule has 2 rings (SSSR count). The predicted octanol–water partition coefficient (Wildman–Crippen LogP) is 3.79. The van der Waals surface area contributed by atoms with Crippen LogP contribution in [0.2, 0.25) is 0 Å². The summed E-state index contributed by atoms with van der Waals surface area (Å²) in [7, 11) is 0. The summed E-state index contributed by atoms with van der Waals surface area (Å²) in [6.45, 7) is 7.29. The summed E-state index contributed by atoms with van der Waals surface area (Å²) in [6, 6.07) is 4.06. The van der Waals surface area contributed by atoms with Crippen LogP contribution < -0.4 is 5.32 Å². The normalized spacial score (nSPS) is 18.7. The van der Waals surface area contributed by atoms with E-state index in [1.807, 2.05) is 19.9 Å². The van der Waals surface area contributed by atoms with E-state index in [1.165, 1.54) is 17.8 Å². The number of nitrogens with one attached hydrogen (secondary N) is 1. The van der Waals surface area contributed by atoms with Crippen LogP contribution in [0.4, 0.5) is 5.69 Å². The van der Waals surface area contributed by atoms with Gasteiger partial charge < -0.3 is 5.32 Å². The quantitative estimate of drug-likeness (QED) is 0.715. The number of aromatic nitrogens is 1. The molecular formula is C11H17BrN2. The first-order valence-corrected chi connectivity index (χ1v) is 5.97. The number of anilines is 1. The van der Waals surface area contributed by atoms with Gasteiger partial charge in [0.15, 0.2) is 0 Å². The van der Waals surface area contributed by atoms with Crippen LogP contribution in [0.5, 0.6) is 0 Å². The molecule has 0 saturated carbocycles. The second kappa shape index (κ2) is 5.35. The van der Waals surface area contributed by atoms with E-state index >= 15 is 0 Å². The van der Waals surface area contributed by atoms with Crippen LogP contribution in [0.15, 0.2) is 16.7 Å². The van der Waals surface area contributed by atoms with Crippen molar-refractivity contribution in [2.45, 2.75) is 33.1 Å². The maximum Gasteiger partial charge on any atom is 0.106 e. The summed E-state index contributed by atoms with van der Waals surface area (Å²) in [5.74, 6) is 0.582. The van der Waals surface area contributed by atoms with Crippen molar-refractivity contribution in [3.63, 3.8) is 0 Å². The number of pyridine rings is 1. The molecule has 14 heavy (non-hydrogen) atoms. The van der Waals surface area contributed by atoms with Gasteiger partial charge in [-0.2, -0.15) is 0 Å². The van der Waals surface area contributed by atoms with E-state index in [9.17, 15) is 0 Å². The van der Waals surface area contributed by atoms with Crippen LogP contribution in [0.25, 0.3) is 0 Å². The molecule has 1 aliphatic rings. The predicted molar refractivity (Wildman–Crippen MR) is 64.8 cm³/mol. The van der Waals surface area contributed by atoms with Gasteiger partial charge in [0, 0.05) is 12.5 Å². The highest BCUT2D eigenvalue weighted by molar-refractivity contribution is 9.10. The van der Waals surface area contributed by atoms with Gasteiger partial charge in [-0.05, 0) is 34.5 Å². The Hall–Kier alpha value is -0.570. The number of rotatable bonds is 0. The highest BCUT2D eigenvalue weighted by Crippen LogP contribution is 2.30. The number of nitrogens with zero attached hydrogens (tertiary/aromatic N) is 1. The first kappa shape index (κ1) is 11.5. The monoisotopic (exact) mass is 256 g/mol. The fraction of sp³-hybridized carbons (Fsp3) is 0.545. The standard InChI is InChI=1S/C9H11BrN2.C2H6/c1-6-4-5-11-7-2-3-8(10)12-9(6)7;1-2/h2-3,6,11H,4-5H2,1H3;1-2H3. The maximum absolute atomic E-state index is 4.45. The van der Waals surface area contributed by atoms with Gasteiger partial charge in [0.2, 0.25) is 0 Å². The van der Waals surface area contributed by atoms with Gasteiger partial charge in [-0.3, -0.25) is 0 Å². The van der Waals surface area contributed by atoms with Crippen molar-refractivity contribution in [1.82, 2.24) is 4.98 Å². The molecule has 2 heterocycles. The zero-order chi connectivity index (χ0) is 10.6. The molecule has 1 aromatic rings. The third-order valence-corrected chi connectivity index (χ3v) is 2.69. The molecule has 1 atom stereocenters. The minimum absolute atomic E-state index is 0.582. The minimum Gasteiger partial charge on any atom is -0.384 e. The Morgan fingerprint density at radius 3 is 2.86 bits per heavy atom. The molecule has 0 bridgehead atoms. The van der Waals surface area contributed by atoms with Crippen LogP contribution in [-0.2, 0) is 0 Å². The Kier molecular flexibility index (Phi) is 4.39. The Morgan fingerprint density at radius 2 is 2.14 bits per heavy atom. The Labute approximate surface area is 94.3 Å². The minimum atomic E-state index is 0.582. The smallest absolute Gasteiger partial charge is 0.106 e. The average Bonchev–Trinajstić information content (AvgIpc) is 2.22. The van der Waals surface area contributed by atoms with Crippen LogP contribution in [0, 0.1) is 0 Å². The summed E-state index contributed by atoms with van der Waals surface area (Å²) in [4.78, 5) is 4.45. The molecule has 0 amide bonds. The zero-order valence-electron chi connectivity index (χ0n) is 8.97. The molecule has 78 valence electrons. The number of hydrogen-bond donors (Lipinski definition) is 1. The number of hydrogen-bond acceptors (Lipinski definition) is 2. The van der Waals surface area contributed by atoms with Crippen LogP contribution in [-0.4, -0.2) is 11.5 Å². The fourth-order valence-corrected chi connectivity index (χ4v) is 1.86. The van der Waals surface area contributed by atoms with E-state index in [-0.39, 0.29) is 0 Å². The Bertz CT molecular complexity index is 299. The SMILES string of the molecule is CC.CC1CCNc2ccc(Br)nc21. The van der Waals surface area contributed by atoms with E-state index < -0.39 is 0 Å². The second-order valence-corrected chi connectivity index (χ2v) is 4.00. The third-order valence-electron chi connectivity index (χ3n) is 2.25. The lowest BCUT2D eigenvalue weighted by Gasteiger charge is -2.22. The zero-order valence-corrected chi connectivity index (χ0v) is 10.6. The fourth-order valence-electron chi connectivity index (χ4n) is 1.54. The second-order valence-electron chi connectivity index (χ2n) is 3.18. The molecular weight excluding hydrogens is 240 g/mol. The van der Waals surface area contributed by atoms with E-state index in [2.05, 4.69) is 39.2 Å². The van der Waals surface area contributed by atoms with E-state index in [0.717, 1.165) is 11.1 Å². The van der Waals surface area contributed by atoms with E-state index in [4.69, 9.17) is 0 Å². The summed E-state index contributed by atoms with van der Waals surface area (Å²) in [5.41, 5.74) is 2.38. The average molecular weight is 257 g/mol. The summed E-state index contributed by atoms with van der Waals surface area (Å²) >= 11 is 3.38. The van der Waals surface area contributed by atoms with Crippen LogP contribution in [0.1, 0.15) is 38.8 Å². The van der Waals surface area contributed by atoms with Crippen molar-refractivity contribution < 1.29 is 0 Å². The lowest BCUT2D eigenvalue weighted by atomic mass is 9.98. The molecule has 0 fully saturated rings. The van der Waals surface area contributed by atoms with E-state index in [0.29, 0.717) is 5.92 Å². The maximum atomic E-state index is 4.45. The molecule has 0 saturated heterocycles. The van der Waals surface area contributed by atoms with Gasteiger partial charge in [-0.25, -0.2) is 4.98 Å². The molecule has 0 aliphatic carbocycles. The van der Waals surface area contributed by atoms with Gasteiger partial charge in [-0.1, -0.05) is 20.8 Å². The van der Waals surface area contributed by atoms with Crippen molar-refractivity contribution >= 4 is 21.6 Å². The van der Waals surface area contributed by atoms with Gasteiger partial charge in [0.25, 0.3) is 0 Å². The molecule has 1 aromatic heterocycles. The van der Waals surface area contributed by atoms with Crippen molar-refractivity contribution in [3.8, 4) is 0 Å². The third kappa shape index (κ3) is 2.47. The summed E-state index contributed by atoms with van der Waals surface area (Å²) in [6.07, 6.45) is 1.18. The van der Waals surface area contributed by atoms with Crippen molar-refractivity contribution in [1.29, 1.82) is 0 Å². The molecule has 0 spiro atoms.